The molecule has 0 amide bonds. The Morgan fingerprint density at radius 3 is 2.76 bits per heavy atom. The van der Waals surface area contributed by atoms with Gasteiger partial charge < -0.3 is 10.6 Å². The largest absolute Gasteiger partial charge is 0.339 e. The van der Waals surface area contributed by atoms with Crippen LogP contribution in [0.3, 0.4) is 0 Å². The van der Waals surface area contributed by atoms with Crippen molar-refractivity contribution in [2.45, 2.75) is 64.8 Å². The van der Waals surface area contributed by atoms with Gasteiger partial charge in [0.05, 0.1) is 5.69 Å². The van der Waals surface area contributed by atoms with Crippen LogP contribution in [-0.4, -0.2) is 29.1 Å². The smallest absolute Gasteiger partial charge is 0.225 e. The van der Waals surface area contributed by atoms with E-state index in [1.54, 1.807) is 0 Å². The predicted molar refractivity (Wildman–Crippen MR) is 86.6 cm³/mol. The van der Waals surface area contributed by atoms with Crippen molar-refractivity contribution in [3.8, 4) is 0 Å². The monoisotopic (exact) mass is 288 g/mol. The Kier molecular flexibility index (Phi) is 3.47. The molecule has 0 saturated carbocycles. The van der Waals surface area contributed by atoms with Gasteiger partial charge in [-0.3, -0.25) is 0 Å². The molecular formula is C17H28N4. The van der Waals surface area contributed by atoms with E-state index in [2.05, 4.69) is 43.8 Å². The van der Waals surface area contributed by atoms with Crippen LogP contribution in [0.15, 0.2) is 6.20 Å². The van der Waals surface area contributed by atoms with Crippen molar-refractivity contribution in [3.63, 3.8) is 0 Å². The van der Waals surface area contributed by atoms with Gasteiger partial charge in [0.1, 0.15) is 0 Å². The second-order valence-electron chi connectivity index (χ2n) is 8.28. The highest BCUT2D eigenvalue weighted by molar-refractivity contribution is 5.39. The van der Waals surface area contributed by atoms with E-state index in [4.69, 9.17) is 10.7 Å². The number of hydrogen-bond donors (Lipinski definition) is 1. The summed E-state index contributed by atoms with van der Waals surface area (Å²) in [6.07, 6.45) is 6.54. The zero-order chi connectivity index (χ0) is 15.3. The highest BCUT2D eigenvalue weighted by Gasteiger charge is 2.38. The predicted octanol–water partition coefficient (Wildman–Crippen LogP) is 2.65. The lowest BCUT2D eigenvalue weighted by atomic mass is 9.64. The molecule has 1 aliphatic heterocycles. The molecule has 1 unspecified atom stereocenters. The van der Waals surface area contributed by atoms with Crippen molar-refractivity contribution in [2.75, 3.05) is 18.0 Å². The van der Waals surface area contributed by atoms with Crippen molar-refractivity contribution < 1.29 is 0 Å². The molecule has 21 heavy (non-hydrogen) atoms. The molecule has 3 rings (SSSR count). The molecule has 2 heterocycles. The maximum atomic E-state index is 6.09. The average molecular weight is 288 g/mol. The van der Waals surface area contributed by atoms with E-state index in [1.807, 2.05) is 0 Å². The standard InChI is InChI=1S/C17H28N4/c1-16(2)8-14-13(17(3,4)11-16)9-19-15(20-14)21-7-5-6-12(18)10-21/h9,12H,5-8,10-11,18H2,1-4H3. The third-order valence-electron chi connectivity index (χ3n) is 4.89. The Morgan fingerprint density at radius 2 is 2.05 bits per heavy atom. The fourth-order valence-corrected chi connectivity index (χ4v) is 4.26. The molecule has 0 bridgehead atoms. The summed E-state index contributed by atoms with van der Waals surface area (Å²) in [5.74, 6) is 0.873. The van der Waals surface area contributed by atoms with Gasteiger partial charge in [-0.2, -0.15) is 0 Å². The zero-order valence-electron chi connectivity index (χ0n) is 13.8. The summed E-state index contributed by atoms with van der Waals surface area (Å²) in [7, 11) is 0. The van der Waals surface area contributed by atoms with Crippen LogP contribution in [0.2, 0.25) is 0 Å². The number of hydrogen-bond acceptors (Lipinski definition) is 4. The summed E-state index contributed by atoms with van der Waals surface area (Å²) >= 11 is 0. The zero-order valence-corrected chi connectivity index (χ0v) is 13.8. The molecule has 1 atom stereocenters. The second-order valence-corrected chi connectivity index (χ2v) is 8.28. The summed E-state index contributed by atoms with van der Waals surface area (Å²) in [6, 6.07) is 0.256. The molecule has 0 aromatic carbocycles. The fourth-order valence-electron chi connectivity index (χ4n) is 4.26. The third kappa shape index (κ3) is 2.91. The van der Waals surface area contributed by atoms with Crippen molar-refractivity contribution >= 4 is 5.95 Å². The number of rotatable bonds is 1. The van der Waals surface area contributed by atoms with Crippen LogP contribution < -0.4 is 10.6 Å². The lowest BCUT2D eigenvalue weighted by molar-refractivity contribution is 0.227. The van der Waals surface area contributed by atoms with Gasteiger partial charge >= 0.3 is 0 Å². The van der Waals surface area contributed by atoms with Crippen LogP contribution in [0.1, 0.15) is 58.2 Å². The maximum absolute atomic E-state index is 6.09. The van der Waals surface area contributed by atoms with Gasteiger partial charge in [-0.15, -0.1) is 0 Å². The minimum atomic E-state index is 0.161. The Labute approximate surface area is 128 Å². The molecule has 1 aromatic heterocycles. The van der Waals surface area contributed by atoms with Gasteiger partial charge in [-0.25, -0.2) is 9.97 Å². The Hall–Kier alpha value is -1.16. The summed E-state index contributed by atoms with van der Waals surface area (Å²) in [5.41, 5.74) is 9.12. The summed E-state index contributed by atoms with van der Waals surface area (Å²) in [4.78, 5) is 11.8. The van der Waals surface area contributed by atoms with Gasteiger partial charge in [0, 0.05) is 25.3 Å². The molecule has 4 nitrogen and oxygen atoms in total. The molecule has 0 spiro atoms. The van der Waals surface area contributed by atoms with E-state index in [-0.39, 0.29) is 11.5 Å². The molecule has 116 valence electrons. The number of piperidine rings is 1. The van der Waals surface area contributed by atoms with Gasteiger partial charge in [-0.1, -0.05) is 27.7 Å². The van der Waals surface area contributed by atoms with Crippen LogP contribution in [0, 0.1) is 5.41 Å². The maximum Gasteiger partial charge on any atom is 0.225 e. The van der Waals surface area contributed by atoms with Crippen molar-refractivity contribution in [1.29, 1.82) is 0 Å². The third-order valence-corrected chi connectivity index (χ3v) is 4.89. The van der Waals surface area contributed by atoms with E-state index in [0.717, 1.165) is 38.3 Å². The first-order valence-electron chi connectivity index (χ1n) is 8.14. The van der Waals surface area contributed by atoms with E-state index in [1.165, 1.54) is 17.7 Å². The normalized spacial score (nSPS) is 27.3. The van der Waals surface area contributed by atoms with Gasteiger partial charge in [0.2, 0.25) is 5.95 Å². The van der Waals surface area contributed by atoms with Crippen molar-refractivity contribution in [2.24, 2.45) is 11.1 Å². The molecule has 0 radical (unpaired) electrons. The first kappa shape index (κ1) is 14.8. The average Bonchev–Trinajstić information content (AvgIpc) is 2.35. The molecule has 1 aromatic rings. The molecule has 2 aliphatic rings. The SMILES string of the molecule is CC1(C)Cc2nc(N3CCCC(N)C3)ncc2C(C)(C)C1. The van der Waals surface area contributed by atoms with E-state index >= 15 is 0 Å². The van der Waals surface area contributed by atoms with E-state index in [0.29, 0.717) is 5.41 Å². The van der Waals surface area contributed by atoms with Gasteiger partial charge in [-0.05, 0) is 42.1 Å². The van der Waals surface area contributed by atoms with Gasteiger partial charge in [0.25, 0.3) is 0 Å². The molecular weight excluding hydrogens is 260 g/mol. The van der Waals surface area contributed by atoms with Gasteiger partial charge in [0.15, 0.2) is 0 Å². The molecule has 1 aliphatic carbocycles. The lowest BCUT2D eigenvalue weighted by Gasteiger charge is -2.41. The number of nitrogens with two attached hydrogens (primary N) is 1. The number of fused-ring (bicyclic) bond motifs is 1. The Morgan fingerprint density at radius 1 is 1.29 bits per heavy atom. The lowest BCUT2D eigenvalue weighted by Crippen LogP contribution is -2.44. The Balaban J connectivity index is 1.94. The van der Waals surface area contributed by atoms with Crippen molar-refractivity contribution in [3.05, 3.63) is 17.5 Å². The summed E-state index contributed by atoms with van der Waals surface area (Å²) in [6.45, 7) is 11.2. The second kappa shape index (κ2) is 4.94. The first-order valence-corrected chi connectivity index (χ1v) is 8.14. The molecule has 1 fully saturated rings. The highest BCUT2D eigenvalue weighted by atomic mass is 15.3. The molecule has 1 saturated heterocycles. The van der Waals surface area contributed by atoms with E-state index in [9.17, 15) is 0 Å². The fraction of sp³-hybridized carbons (Fsp3) is 0.765. The van der Waals surface area contributed by atoms with Crippen LogP contribution in [0.5, 0.6) is 0 Å². The summed E-state index contributed by atoms with van der Waals surface area (Å²) < 4.78 is 0. The Bertz CT molecular complexity index is 536. The minimum Gasteiger partial charge on any atom is -0.339 e. The van der Waals surface area contributed by atoms with Crippen LogP contribution in [-0.2, 0) is 11.8 Å². The van der Waals surface area contributed by atoms with Crippen LogP contribution >= 0.6 is 0 Å². The quantitative estimate of drug-likeness (QED) is 0.863. The van der Waals surface area contributed by atoms with Crippen LogP contribution in [0.25, 0.3) is 0 Å². The van der Waals surface area contributed by atoms with Crippen molar-refractivity contribution in [1.82, 2.24) is 9.97 Å². The highest BCUT2D eigenvalue weighted by Crippen LogP contribution is 2.44. The van der Waals surface area contributed by atoms with Crippen LogP contribution in [0.4, 0.5) is 5.95 Å². The van der Waals surface area contributed by atoms with E-state index < -0.39 is 0 Å². The minimum absolute atomic E-state index is 0.161. The number of aromatic nitrogens is 2. The molecule has 4 heteroatoms. The number of anilines is 1. The topological polar surface area (TPSA) is 55.0 Å². The number of nitrogens with zero attached hydrogens (tertiary/aromatic N) is 3. The summed E-state index contributed by atoms with van der Waals surface area (Å²) in [5, 5.41) is 0. The first-order chi connectivity index (χ1) is 9.77. The molecule has 2 N–H and O–H groups in total.